The van der Waals surface area contributed by atoms with Crippen LogP contribution in [-0.4, -0.2) is 0 Å². The van der Waals surface area contributed by atoms with Crippen molar-refractivity contribution in [1.82, 2.24) is 0 Å². The van der Waals surface area contributed by atoms with E-state index in [2.05, 4.69) is 37.3 Å². The van der Waals surface area contributed by atoms with Gasteiger partial charge in [0.15, 0.2) is 11.6 Å². The topological polar surface area (TPSA) is 0 Å². The van der Waals surface area contributed by atoms with Crippen molar-refractivity contribution in [3.63, 3.8) is 0 Å². The first-order valence-electron chi connectivity index (χ1n) is 9.63. The summed E-state index contributed by atoms with van der Waals surface area (Å²) < 4.78 is 26.7. The first kappa shape index (κ1) is 17.2. The summed E-state index contributed by atoms with van der Waals surface area (Å²) in [5.74, 6) is -0.0314. The Morgan fingerprint density at radius 1 is 0.731 bits per heavy atom. The molecule has 3 aromatic carbocycles. The molecule has 0 aromatic heterocycles. The van der Waals surface area contributed by atoms with Crippen LogP contribution >= 0.6 is 0 Å². The summed E-state index contributed by atoms with van der Waals surface area (Å²) in [6, 6.07) is 16.9. The second kappa shape index (κ2) is 7.19. The van der Waals surface area contributed by atoms with Crippen LogP contribution in [0.5, 0.6) is 0 Å². The SMILES string of the molecule is CC[C@H]1CC[C@H](c2ccc3cc(-c4ccc(F)c(F)c4)ccc3c2)CC1. The van der Waals surface area contributed by atoms with E-state index in [4.69, 9.17) is 0 Å². The van der Waals surface area contributed by atoms with Gasteiger partial charge in [0.1, 0.15) is 0 Å². The fourth-order valence-electron chi connectivity index (χ4n) is 4.28. The molecule has 0 spiro atoms. The number of hydrogen-bond acceptors (Lipinski definition) is 0. The molecule has 0 bridgehead atoms. The van der Waals surface area contributed by atoms with Crippen LogP contribution in [-0.2, 0) is 0 Å². The second-order valence-electron chi connectivity index (χ2n) is 7.58. The van der Waals surface area contributed by atoms with Crippen molar-refractivity contribution < 1.29 is 8.78 Å². The van der Waals surface area contributed by atoms with Crippen molar-refractivity contribution in [2.45, 2.75) is 44.9 Å². The molecule has 3 aromatic rings. The van der Waals surface area contributed by atoms with Gasteiger partial charge in [-0.2, -0.15) is 0 Å². The molecule has 1 fully saturated rings. The van der Waals surface area contributed by atoms with Crippen LogP contribution < -0.4 is 0 Å². The van der Waals surface area contributed by atoms with E-state index in [-0.39, 0.29) is 0 Å². The Hall–Kier alpha value is -2.22. The first-order valence-corrected chi connectivity index (χ1v) is 9.63. The fourth-order valence-corrected chi connectivity index (χ4v) is 4.28. The normalized spacial score (nSPS) is 20.4. The van der Waals surface area contributed by atoms with Crippen LogP contribution in [0.15, 0.2) is 54.6 Å². The molecule has 0 heterocycles. The van der Waals surface area contributed by atoms with E-state index < -0.39 is 11.6 Å². The molecule has 0 N–H and O–H groups in total. The van der Waals surface area contributed by atoms with Crippen LogP contribution in [0.2, 0.25) is 0 Å². The Kier molecular flexibility index (Phi) is 4.76. The van der Waals surface area contributed by atoms with Gasteiger partial charge in [-0.05, 0) is 83.2 Å². The summed E-state index contributed by atoms with van der Waals surface area (Å²) in [6.45, 7) is 2.30. The monoisotopic (exact) mass is 350 g/mol. The van der Waals surface area contributed by atoms with Crippen molar-refractivity contribution in [2.75, 3.05) is 0 Å². The Bertz CT molecular complexity index is 921. The number of fused-ring (bicyclic) bond motifs is 1. The zero-order chi connectivity index (χ0) is 18.1. The molecule has 0 amide bonds. The van der Waals surface area contributed by atoms with Gasteiger partial charge in [0, 0.05) is 0 Å². The van der Waals surface area contributed by atoms with Crippen LogP contribution in [0.4, 0.5) is 8.78 Å². The van der Waals surface area contributed by atoms with Crippen LogP contribution in [0, 0.1) is 17.6 Å². The Morgan fingerprint density at radius 3 is 2.12 bits per heavy atom. The van der Waals surface area contributed by atoms with Crippen molar-refractivity contribution in [3.8, 4) is 11.1 Å². The lowest BCUT2D eigenvalue weighted by Gasteiger charge is -2.28. The van der Waals surface area contributed by atoms with Gasteiger partial charge < -0.3 is 0 Å². The highest BCUT2D eigenvalue weighted by Gasteiger charge is 2.21. The smallest absolute Gasteiger partial charge is 0.159 e. The van der Waals surface area contributed by atoms with Gasteiger partial charge in [0.05, 0.1) is 0 Å². The molecule has 134 valence electrons. The third-order valence-corrected chi connectivity index (χ3v) is 6.01. The molecule has 1 aliphatic rings. The number of hydrogen-bond donors (Lipinski definition) is 0. The van der Waals surface area contributed by atoms with Gasteiger partial charge in [-0.25, -0.2) is 8.78 Å². The van der Waals surface area contributed by atoms with Crippen molar-refractivity contribution in [1.29, 1.82) is 0 Å². The zero-order valence-corrected chi connectivity index (χ0v) is 15.1. The van der Waals surface area contributed by atoms with Crippen molar-refractivity contribution in [2.24, 2.45) is 5.92 Å². The predicted octanol–water partition coefficient (Wildman–Crippen LogP) is 7.47. The molecular weight excluding hydrogens is 326 g/mol. The van der Waals surface area contributed by atoms with Crippen molar-refractivity contribution in [3.05, 3.63) is 71.8 Å². The molecule has 0 aliphatic heterocycles. The molecule has 1 saturated carbocycles. The minimum absolute atomic E-state index is 0.674. The standard InChI is InChI=1S/C24H24F2/c1-2-16-3-5-17(6-4-16)18-7-8-20-14-21(10-9-19(20)13-18)22-11-12-23(25)24(26)15-22/h7-17H,2-6H2,1H3/t16-,17-. The minimum atomic E-state index is -0.808. The third kappa shape index (κ3) is 3.38. The lowest BCUT2D eigenvalue weighted by Crippen LogP contribution is -2.12. The average Bonchev–Trinajstić information content (AvgIpc) is 2.69. The number of rotatable bonds is 3. The lowest BCUT2D eigenvalue weighted by atomic mass is 9.77. The minimum Gasteiger partial charge on any atom is -0.204 e. The molecule has 0 nitrogen and oxygen atoms in total. The average molecular weight is 350 g/mol. The van der Waals surface area contributed by atoms with Crippen LogP contribution in [0.1, 0.15) is 50.5 Å². The maximum atomic E-state index is 13.5. The molecule has 0 atom stereocenters. The first-order chi connectivity index (χ1) is 12.6. The van der Waals surface area contributed by atoms with E-state index >= 15 is 0 Å². The third-order valence-electron chi connectivity index (χ3n) is 6.01. The van der Waals surface area contributed by atoms with Crippen LogP contribution in [0.3, 0.4) is 0 Å². The van der Waals surface area contributed by atoms with E-state index in [9.17, 15) is 8.78 Å². The van der Waals surface area contributed by atoms with Gasteiger partial charge in [-0.3, -0.25) is 0 Å². The van der Waals surface area contributed by atoms with E-state index in [0.717, 1.165) is 16.9 Å². The molecule has 0 unspecified atom stereocenters. The number of halogens is 2. The molecule has 1 aliphatic carbocycles. The Labute approximate surface area is 153 Å². The highest BCUT2D eigenvalue weighted by atomic mass is 19.2. The van der Waals surface area contributed by atoms with Crippen LogP contribution in [0.25, 0.3) is 21.9 Å². The highest BCUT2D eigenvalue weighted by Crippen LogP contribution is 2.38. The van der Waals surface area contributed by atoms with E-state index in [1.807, 2.05) is 6.07 Å². The fraction of sp³-hybridized carbons (Fsp3) is 0.333. The second-order valence-corrected chi connectivity index (χ2v) is 7.58. The Morgan fingerprint density at radius 2 is 1.38 bits per heavy atom. The van der Waals surface area contributed by atoms with Gasteiger partial charge in [0.25, 0.3) is 0 Å². The summed E-state index contributed by atoms with van der Waals surface area (Å²) in [5.41, 5.74) is 3.05. The Balaban J connectivity index is 1.61. The largest absolute Gasteiger partial charge is 0.204 e. The summed E-state index contributed by atoms with van der Waals surface area (Å²) in [5, 5.41) is 2.35. The zero-order valence-electron chi connectivity index (χ0n) is 15.1. The van der Waals surface area contributed by atoms with E-state index in [0.29, 0.717) is 11.5 Å². The summed E-state index contributed by atoms with van der Waals surface area (Å²) in [4.78, 5) is 0. The highest BCUT2D eigenvalue weighted by molar-refractivity contribution is 5.88. The summed E-state index contributed by atoms with van der Waals surface area (Å²) in [6.07, 6.45) is 6.56. The summed E-state index contributed by atoms with van der Waals surface area (Å²) >= 11 is 0. The number of benzene rings is 3. The van der Waals surface area contributed by atoms with E-state index in [1.54, 1.807) is 6.07 Å². The van der Waals surface area contributed by atoms with Gasteiger partial charge in [0.2, 0.25) is 0 Å². The van der Waals surface area contributed by atoms with E-state index in [1.165, 1.54) is 55.2 Å². The lowest BCUT2D eigenvalue weighted by molar-refractivity contribution is 0.319. The summed E-state index contributed by atoms with van der Waals surface area (Å²) in [7, 11) is 0. The molecule has 0 radical (unpaired) electrons. The van der Waals surface area contributed by atoms with Crippen molar-refractivity contribution >= 4 is 10.8 Å². The maximum Gasteiger partial charge on any atom is 0.159 e. The van der Waals surface area contributed by atoms with Gasteiger partial charge >= 0.3 is 0 Å². The molecule has 4 rings (SSSR count). The van der Waals surface area contributed by atoms with Gasteiger partial charge in [-0.15, -0.1) is 0 Å². The molecule has 0 saturated heterocycles. The van der Waals surface area contributed by atoms with Gasteiger partial charge in [-0.1, -0.05) is 49.7 Å². The quantitative estimate of drug-likeness (QED) is 0.459. The molecule has 2 heteroatoms. The molecular formula is C24H24F2. The maximum absolute atomic E-state index is 13.5. The molecule has 26 heavy (non-hydrogen) atoms. The predicted molar refractivity (Wildman–Crippen MR) is 104 cm³/mol.